The topological polar surface area (TPSA) is 62.2 Å². The summed E-state index contributed by atoms with van der Waals surface area (Å²) in [5, 5.41) is 12.9. The lowest BCUT2D eigenvalue weighted by Crippen LogP contribution is -2.01. The van der Waals surface area contributed by atoms with Gasteiger partial charge >= 0.3 is 5.97 Å². The third kappa shape index (κ3) is 2.57. The van der Waals surface area contributed by atoms with Crippen LogP contribution in [-0.2, 0) is 0 Å². The van der Waals surface area contributed by atoms with Gasteiger partial charge in [0.2, 0.25) is 0 Å². The second-order valence-corrected chi connectivity index (χ2v) is 4.71. The van der Waals surface area contributed by atoms with Gasteiger partial charge in [0, 0.05) is 0 Å². The number of aryl methyl sites for hydroxylation is 1. The quantitative estimate of drug-likeness (QED) is 0.894. The highest BCUT2D eigenvalue weighted by Crippen LogP contribution is 2.30. The second-order valence-electron chi connectivity index (χ2n) is 3.44. The van der Waals surface area contributed by atoms with E-state index < -0.39 is 5.97 Å². The molecule has 0 saturated heterocycles. The van der Waals surface area contributed by atoms with Gasteiger partial charge in [-0.1, -0.05) is 17.7 Å². The molecule has 4 nitrogen and oxygen atoms in total. The molecule has 0 spiro atoms. The molecule has 0 amide bonds. The zero-order valence-electron chi connectivity index (χ0n) is 8.90. The molecule has 0 unspecified atom stereocenters. The van der Waals surface area contributed by atoms with Crippen molar-refractivity contribution in [2.24, 2.45) is 0 Å². The van der Waals surface area contributed by atoms with Crippen molar-refractivity contribution in [3.63, 3.8) is 0 Å². The predicted octanol–water partition coefficient (Wildman–Crippen LogP) is 3.55. The summed E-state index contributed by atoms with van der Waals surface area (Å²) in [5.41, 5.74) is 3.21. The highest BCUT2D eigenvalue weighted by atomic mass is 35.5. The largest absolute Gasteiger partial charge is 0.476 e. The molecule has 6 heteroatoms. The summed E-state index contributed by atoms with van der Waals surface area (Å²) in [6, 6.07) is 5.51. The second kappa shape index (κ2) is 4.73. The Hall–Kier alpha value is -1.59. The van der Waals surface area contributed by atoms with Crippen molar-refractivity contribution in [2.45, 2.75) is 6.92 Å². The van der Waals surface area contributed by atoms with Crippen LogP contribution >= 0.6 is 22.9 Å². The Morgan fingerprint density at radius 2 is 2.29 bits per heavy atom. The Morgan fingerprint density at radius 3 is 3.00 bits per heavy atom. The van der Waals surface area contributed by atoms with Crippen LogP contribution in [0.2, 0.25) is 5.02 Å². The van der Waals surface area contributed by atoms with Gasteiger partial charge in [-0.25, -0.2) is 9.78 Å². The molecular weight excluding hydrogens is 260 g/mol. The van der Waals surface area contributed by atoms with E-state index in [-0.39, 0.29) is 5.69 Å². The number of carboxylic acids is 1. The molecule has 88 valence electrons. The van der Waals surface area contributed by atoms with Gasteiger partial charge in [0.25, 0.3) is 0 Å². The minimum Gasteiger partial charge on any atom is -0.476 e. The van der Waals surface area contributed by atoms with Crippen LogP contribution < -0.4 is 5.32 Å². The van der Waals surface area contributed by atoms with E-state index in [9.17, 15) is 4.79 Å². The van der Waals surface area contributed by atoms with E-state index in [2.05, 4.69) is 10.3 Å². The van der Waals surface area contributed by atoms with E-state index in [0.717, 1.165) is 5.56 Å². The number of aromatic carboxylic acids is 1. The lowest BCUT2D eigenvalue weighted by atomic mass is 10.2. The van der Waals surface area contributed by atoms with Crippen molar-refractivity contribution in [1.29, 1.82) is 0 Å². The first kappa shape index (κ1) is 11.9. The number of carbonyl (C=O) groups is 1. The van der Waals surface area contributed by atoms with Gasteiger partial charge in [-0.15, -0.1) is 11.3 Å². The highest BCUT2D eigenvalue weighted by Gasteiger charge is 2.14. The van der Waals surface area contributed by atoms with Gasteiger partial charge in [-0.3, -0.25) is 0 Å². The fourth-order valence-corrected chi connectivity index (χ4v) is 2.19. The minimum atomic E-state index is -1.06. The molecule has 0 atom stereocenters. The average Bonchev–Trinajstić information content (AvgIpc) is 2.71. The number of benzene rings is 1. The van der Waals surface area contributed by atoms with Gasteiger partial charge in [-0.2, -0.15) is 0 Å². The van der Waals surface area contributed by atoms with Crippen LogP contribution in [-0.4, -0.2) is 16.1 Å². The fraction of sp³-hybridized carbons (Fsp3) is 0.0909. The Labute approximate surface area is 107 Å². The maximum atomic E-state index is 10.9. The van der Waals surface area contributed by atoms with Gasteiger partial charge in [0.15, 0.2) is 5.69 Å². The number of aromatic nitrogens is 1. The predicted molar refractivity (Wildman–Crippen MR) is 68.5 cm³/mol. The molecular formula is C11H9ClN2O2S. The van der Waals surface area contributed by atoms with Crippen molar-refractivity contribution in [3.05, 3.63) is 40.0 Å². The number of halogens is 1. The number of nitrogens with one attached hydrogen (secondary N) is 1. The van der Waals surface area contributed by atoms with E-state index in [1.807, 2.05) is 19.1 Å². The first-order chi connectivity index (χ1) is 8.08. The highest BCUT2D eigenvalue weighted by molar-refractivity contribution is 7.14. The van der Waals surface area contributed by atoms with Crippen molar-refractivity contribution >= 4 is 39.6 Å². The molecule has 1 aromatic heterocycles. The third-order valence-electron chi connectivity index (χ3n) is 2.14. The molecule has 0 aliphatic rings. The van der Waals surface area contributed by atoms with E-state index in [1.54, 1.807) is 6.07 Å². The number of rotatable bonds is 3. The SMILES string of the molecule is Cc1ccc(Cl)c(Nc2scnc2C(=O)O)c1. The lowest BCUT2D eigenvalue weighted by molar-refractivity contribution is 0.0692. The lowest BCUT2D eigenvalue weighted by Gasteiger charge is -2.07. The summed E-state index contributed by atoms with van der Waals surface area (Å²) in [5.74, 6) is -1.06. The number of anilines is 2. The normalized spacial score (nSPS) is 10.2. The zero-order valence-corrected chi connectivity index (χ0v) is 10.5. The van der Waals surface area contributed by atoms with Gasteiger partial charge < -0.3 is 10.4 Å². The summed E-state index contributed by atoms with van der Waals surface area (Å²) in [4.78, 5) is 14.7. The Balaban J connectivity index is 2.34. The minimum absolute atomic E-state index is 0.00701. The van der Waals surface area contributed by atoms with E-state index >= 15 is 0 Å². The molecule has 2 rings (SSSR count). The molecule has 1 heterocycles. The summed E-state index contributed by atoms with van der Waals surface area (Å²) >= 11 is 7.24. The molecule has 1 aromatic carbocycles. The van der Waals surface area contributed by atoms with Crippen LogP contribution in [0.3, 0.4) is 0 Å². The van der Waals surface area contributed by atoms with Crippen molar-refractivity contribution < 1.29 is 9.90 Å². The monoisotopic (exact) mass is 268 g/mol. The summed E-state index contributed by atoms with van der Waals surface area (Å²) < 4.78 is 0. The van der Waals surface area contributed by atoms with E-state index in [0.29, 0.717) is 15.7 Å². The first-order valence-corrected chi connectivity index (χ1v) is 6.03. The maximum absolute atomic E-state index is 10.9. The number of thiazole rings is 1. The molecule has 0 aliphatic heterocycles. The molecule has 2 N–H and O–H groups in total. The molecule has 0 bridgehead atoms. The smallest absolute Gasteiger partial charge is 0.357 e. The standard InChI is InChI=1S/C11H9ClN2O2S/c1-6-2-3-7(12)8(4-6)14-10-9(11(15)16)13-5-17-10/h2-5,14H,1H3,(H,15,16). The third-order valence-corrected chi connectivity index (χ3v) is 3.21. The van der Waals surface area contributed by atoms with Crippen LogP contribution in [0.5, 0.6) is 0 Å². The number of hydrogen-bond acceptors (Lipinski definition) is 4. The molecule has 0 fully saturated rings. The molecule has 0 aliphatic carbocycles. The number of nitrogens with zero attached hydrogens (tertiary/aromatic N) is 1. The van der Waals surface area contributed by atoms with Crippen molar-refractivity contribution in [2.75, 3.05) is 5.32 Å². The summed E-state index contributed by atoms with van der Waals surface area (Å²) in [7, 11) is 0. The number of carboxylic acid groups (broad SMARTS) is 1. The van der Waals surface area contributed by atoms with E-state index in [1.165, 1.54) is 16.8 Å². The van der Waals surface area contributed by atoms with Crippen LogP contribution in [0.4, 0.5) is 10.7 Å². The summed E-state index contributed by atoms with van der Waals surface area (Å²) in [6.45, 7) is 1.94. The Kier molecular flexibility index (Phi) is 3.31. The molecule has 0 radical (unpaired) electrons. The van der Waals surface area contributed by atoms with Crippen molar-refractivity contribution in [1.82, 2.24) is 4.98 Å². The zero-order chi connectivity index (χ0) is 12.4. The van der Waals surface area contributed by atoms with Crippen LogP contribution in [0.1, 0.15) is 16.1 Å². The average molecular weight is 269 g/mol. The maximum Gasteiger partial charge on any atom is 0.357 e. The Bertz CT molecular complexity index is 568. The molecule has 0 saturated carbocycles. The summed E-state index contributed by atoms with van der Waals surface area (Å²) in [6.07, 6.45) is 0. The first-order valence-electron chi connectivity index (χ1n) is 4.78. The fourth-order valence-electron chi connectivity index (χ4n) is 1.34. The van der Waals surface area contributed by atoms with Crippen molar-refractivity contribution in [3.8, 4) is 0 Å². The van der Waals surface area contributed by atoms with Gasteiger partial charge in [0.1, 0.15) is 5.00 Å². The number of hydrogen-bond donors (Lipinski definition) is 2. The van der Waals surface area contributed by atoms with Crippen LogP contribution in [0, 0.1) is 6.92 Å². The Morgan fingerprint density at radius 1 is 1.53 bits per heavy atom. The van der Waals surface area contributed by atoms with E-state index in [4.69, 9.17) is 16.7 Å². The van der Waals surface area contributed by atoms with Gasteiger partial charge in [-0.05, 0) is 24.6 Å². The molecule has 17 heavy (non-hydrogen) atoms. The molecule has 2 aromatic rings. The van der Waals surface area contributed by atoms with Gasteiger partial charge in [0.05, 0.1) is 16.2 Å². The van der Waals surface area contributed by atoms with Crippen LogP contribution in [0.15, 0.2) is 23.7 Å². The van der Waals surface area contributed by atoms with Crippen LogP contribution in [0.25, 0.3) is 0 Å².